The summed E-state index contributed by atoms with van der Waals surface area (Å²) in [5.41, 5.74) is 2.20. The number of hydrogen-bond donors (Lipinski definition) is 1. The number of likely N-dealkylation sites (tertiary alicyclic amines) is 1. The van der Waals surface area contributed by atoms with Crippen LogP contribution in [0.2, 0.25) is 0 Å². The Morgan fingerprint density at radius 1 is 1.36 bits per heavy atom. The molecule has 1 saturated heterocycles. The minimum atomic E-state index is 0.0193. The SMILES string of the molecule is Cc1cc(NC(=O)CN2CCC[C@H]2c2ccccc2)n(C)n1. The second-order valence-electron chi connectivity index (χ2n) is 5.88. The van der Waals surface area contributed by atoms with Crippen LogP contribution in [-0.2, 0) is 11.8 Å². The number of rotatable bonds is 4. The van der Waals surface area contributed by atoms with Gasteiger partial charge >= 0.3 is 0 Å². The number of anilines is 1. The average molecular weight is 298 g/mol. The molecule has 5 nitrogen and oxygen atoms in total. The van der Waals surface area contributed by atoms with E-state index in [1.54, 1.807) is 4.68 Å². The molecule has 116 valence electrons. The summed E-state index contributed by atoms with van der Waals surface area (Å²) >= 11 is 0. The zero-order valence-corrected chi connectivity index (χ0v) is 13.1. The number of amides is 1. The molecule has 1 N–H and O–H groups in total. The maximum absolute atomic E-state index is 12.3. The summed E-state index contributed by atoms with van der Waals surface area (Å²) in [7, 11) is 1.84. The fraction of sp³-hybridized carbons (Fsp3) is 0.412. The standard InChI is InChI=1S/C17H22N4O/c1-13-11-16(20(2)19-13)18-17(22)12-21-10-6-9-15(21)14-7-4-3-5-8-14/h3-5,7-8,11,15H,6,9-10,12H2,1-2H3,(H,18,22)/t15-/m0/s1. The number of nitrogens with zero attached hydrogens (tertiary/aromatic N) is 3. The van der Waals surface area contributed by atoms with E-state index in [0.717, 1.165) is 30.9 Å². The molecule has 2 aromatic rings. The minimum Gasteiger partial charge on any atom is -0.310 e. The van der Waals surface area contributed by atoms with E-state index in [1.165, 1.54) is 5.56 Å². The summed E-state index contributed by atoms with van der Waals surface area (Å²) in [5.74, 6) is 0.767. The van der Waals surface area contributed by atoms with Gasteiger partial charge in [-0.1, -0.05) is 30.3 Å². The van der Waals surface area contributed by atoms with E-state index in [2.05, 4.69) is 39.6 Å². The van der Waals surface area contributed by atoms with Gasteiger partial charge in [0.2, 0.25) is 5.91 Å². The van der Waals surface area contributed by atoms with Gasteiger partial charge in [-0.3, -0.25) is 14.4 Å². The maximum Gasteiger partial charge on any atom is 0.239 e. The van der Waals surface area contributed by atoms with Crippen molar-refractivity contribution in [1.29, 1.82) is 0 Å². The molecule has 0 radical (unpaired) electrons. The molecule has 22 heavy (non-hydrogen) atoms. The lowest BCUT2D eigenvalue weighted by Crippen LogP contribution is -2.33. The lowest BCUT2D eigenvalue weighted by Gasteiger charge is -2.24. The molecule has 1 aliphatic heterocycles. The van der Waals surface area contributed by atoms with Crippen molar-refractivity contribution in [1.82, 2.24) is 14.7 Å². The molecular formula is C17H22N4O. The second-order valence-corrected chi connectivity index (χ2v) is 5.88. The summed E-state index contributed by atoms with van der Waals surface area (Å²) in [6, 6.07) is 12.7. The van der Waals surface area contributed by atoms with Gasteiger partial charge in [-0.2, -0.15) is 5.10 Å². The molecule has 3 rings (SSSR count). The van der Waals surface area contributed by atoms with Gasteiger partial charge in [0.05, 0.1) is 12.2 Å². The maximum atomic E-state index is 12.3. The van der Waals surface area contributed by atoms with Gasteiger partial charge in [0, 0.05) is 19.2 Å². The zero-order valence-electron chi connectivity index (χ0n) is 13.1. The van der Waals surface area contributed by atoms with Crippen LogP contribution in [-0.4, -0.2) is 33.7 Å². The summed E-state index contributed by atoms with van der Waals surface area (Å²) < 4.78 is 1.70. The molecule has 2 heterocycles. The van der Waals surface area contributed by atoms with E-state index in [-0.39, 0.29) is 5.91 Å². The Morgan fingerprint density at radius 2 is 2.14 bits per heavy atom. The number of benzene rings is 1. The van der Waals surface area contributed by atoms with Crippen LogP contribution in [0.5, 0.6) is 0 Å². The monoisotopic (exact) mass is 298 g/mol. The van der Waals surface area contributed by atoms with Gasteiger partial charge in [-0.25, -0.2) is 0 Å². The molecule has 0 spiro atoms. The van der Waals surface area contributed by atoms with E-state index >= 15 is 0 Å². The third-order valence-electron chi connectivity index (χ3n) is 4.16. The first-order chi connectivity index (χ1) is 10.6. The predicted molar refractivity (Wildman–Crippen MR) is 86.6 cm³/mol. The molecule has 0 saturated carbocycles. The van der Waals surface area contributed by atoms with E-state index in [0.29, 0.717) is 12.6 Å². The Bertz CT molecular complexity index is 650. The Kier molecular flexibility index (Phi) is 4.24. The molecule has 1 amide bonds. The van der Waals surface area contributed by atoms with Crippen LogP contribution in [0.1, 0.15) is 30.1 Å². The fourth-order valence-corrected chi connectivity index (χ4v) is 3.16. The molecule has 5 heteroatoms. The third kappa shape index (κ3) is 3.20. The van der Waals surface area contributed by atoms with Gasteiger partial charge in [-0.15, -0.1) is 0 Å². The first-order valence-corrected chi connectivity index (χ1v) is 7.73. The lowest BCUT2D eigenvalue weighted by molar-refractivity contribution is -0.117. The van der Waals surface area contributed by atoms with Crippen LogP contribution in [0, 0.1) is 6.92 Å². The minimum absolute atomic E-state index is 0.0193. The molecular weight excluding hydrogens is 276 g/mol. The van der Waals surface area contributed by atoms with Gasteiger partial charge < -0.3 is 5.32 Å². The smallest absolute Gasteiger partial charge is 0.239 e. The Labute approximate surface area is 130 Å². The van der Waals surface area contributed by atoms with Crippen molar-refractivity contribution in [2.24, 2.45) is 7.05 Å². The number of hydrogen-bond acceptors (Lipinski definition) is 3. The van der Waals surface area contributed by atoms with Crippen molar-refractivity contribution in [3.63, 3.8) is 0 Å². The Balaban J connectivity index is 1.64. The summed E-state index contributed by atoms with van der Waals surface area (Å²) in [4.78, 5) is 14.6. The fourth-order valence-electron chi connectivity index (χ4n) is 3.16. The first kappa shape index (κ1) is 14.8. The van der Waals surface area contributed by atoms with Crippen LogP contribution in [0.3, 0.4) is 0 Å². The largest absolute Gasteiger partial charge is 0.310 e. The number of aryl methyl sites for hydroxylation is 2. The highest BCUT2D eigenvalue weighted by atomic mass is 16.2. The van der Waals surface area contributed by atoms with Crippen LogP contribution in [0.25, 0.3) is 0 Å². The quantitative estimate of drug-likeness (QED) is 0.943. The molecule has 1 aromatic heterocycles. The third-order valence-corrected chi connectivity index (χ3v) is 4.16. The number of aromatic nitrogens is 2. The molecule has 1 fully saturated rings. The second kappa shape index (κ2) is 6.32. The predicted octanol–water partition coefficient (Wildman–Crippen LogP) is 2.50. The van der Waals surface area contributed by atoms with E-state index in [9.17, 15) is 4.79 Å². The number of carbonyl (C=O) groups excluding carboxylic acids is 1. The summed E-state index contributed by atoms with van der Waals surface area (Å²) in [6.45, 7) is 3.31. The normalized spacial score (nSPS) is 18.5. The molecule has 0 unspecified atom stereocenters. The Morgan fingerprint density at radius 3 is 2.82 bits per heavy atom. The topological polar surface area (TPSA) is 50.2 Å². The van der Waals surface area contributed by atoms with E-state index in [4.69, 9.17) is 0 Å². The number of nitrogens with one attached hydrogen (secondary N) is 1. The molecule has 1 aromatic carbocycles. The molecule has 0 bridgehead atoms. The van der Waals surface area contributed by atoms with Crippen LogP contribution < -0.4 is 5.32 Å². The van der Waals surface area contributed by atoms with E-state index in [1.807, 2.05) is 26.1 Å². The lowest BCUT2D eigenvalue weighted by atomic mass is 10.0. The van der Waals surface area contributed by atoms with Crippen molar-refractivity contribution < 1.29 is 4.79 Å². The molecule has 1 aliphatic rings. The average Bonchev–Trinajstić information content (AvgIpc) is 3.07. The highest BCUT2D eigenvalue weighted by Gasteiger charge is 2.27. The van der Waals surface area contributed by atoms with Gasteiger partial charge in [0.1, 0.15) is 5.82 Å². The zero-order chi connectivity index (χ0) is 15.5. The van der Waals surface area contributed by atoms with Crippen LogP contribution >= 0.6 is 0 Å². The van der Waals surface area contributed by atoms with Crippen molar-refractivity contribution in [3.8, 4) is 0 Å². The van der Waals surface area contributed by atoms with Crippen molar-refractivity contribution in [2.45, 2.75) is 25.8 Å². The highest BCUT2D eigenvalue weighted by Crippen LogP contribution is 2.31. The van der Waals surface area contributed by atoms with Crippen LogP contribution in [0.4, 0.5) is 5.82 Å². The Hall–Kier alpha value is -2.14. The van der Waals surface area contributed by atoms with Crippen LogP contribution in [0.15, 0.2) is 36.4 Å². The van der Waals surface area contributed by atoms with Crippen molar-refractivity contribution >= 4 is 11.7 Å². The molecule has 0 aliphatic carbocycles. The first-order valence-electron chi connectivity index (χ1n) is 7.73. The van der Waals surface area contributed by atoms with Crippen molar-refractivity contribution in [2.75, 3.05) is 18.4 Å². The van der Waals surface area contributed by atoms with E-state index < -0.39 is 0 Å². The van der Waals surface area contributed by atoms with Gasteiger partial charge in [0.25, 0.3) is 0 Å². The van der Waals surface area contributed by atoms with Crippen molar-refractivity contribution in [3.05, 3.63) is 47.7 Å². The summed E-state index contributed by atoms with van der Waals surface area (Å²) in [5, 5.41) is 7.20. The van der Waals surface area contributed by atoms with Gasteiger partial charge in [-0.05, 0) is 31.9 Å². The highest BCUT2D eigenvalue weighted by molar-refractivity contribution is 5.91. The van der Waals surface area contributed by atoms with Gasteiger partial charge in [0.15, 0.2) is 0 Å². The number of carbonyl (C=O) groups is 1. The summed E-state index contributed by atoms with van der Waals surface area (Å²) in [6.07, 6.45) is 2.25. The molecule has 1 atom stereocenters.